The van der Waals surface area contributed by atoms with Gasteiger partial charge in [0.15, 0.2) is 0 Å². The quantitative estimate of drug-likeness (QED) is 0.324. The highest BCUT2D eigenvalue weighted by Gasteiger charge is 2.19. The number of aryl methyl sites for hydroxylation is 1. The number of hydrogen-bond donors (Lipinski definition) is 0. The van der Waals surface area contributed by atoms with E-state index in [-0.39, 0.29) is 28.7 Å². The third-order valence-electron chi connectivity index (χ3n) is 3.63. The van der Waals surface area contributed by atoms with Crippen molar-refractivity contribution in [2.45, 2.75) is 31.0 Å². The lowest BCUT2D eigenvalue weighted by atomic mass is 10.1. The number of hydrogen-bond acceptors (Lipinski definition) is 7. The van der Waals surface area contributed by atoms with Crippen LogP contribution in [0.3, 0.4) is 0 Å². The van der Waals surface area contributed by atoms with Gasteiger partial charge in [0.2, 0.25) is 0 Å². The van der Waals surface area contributed by atoms with Crippen molar-refractivity contribution < 1.29 is 14.5 Å². The standard InChI is InChI=1S/C18H17N3O4S/c1-4-25-18(22)16-9-14(10-19)17(20-11(16)2)26-12(3)13-6-5-7-15(8-13)21(23)24/h5-9,12H,4H2,1-3H3. The van der Waals surface area contributed by atoms with E-state index in [1.54, 1.807) is 26.0 Å². The van der Waals surface area contributed by atoms with Crippen molar-refractivity contribution >= 4 is 23.4 Å². The normalized spacial score (nSPS) is 11.5. The monoisotopic (exact) mass is 371 g/mol. The fraction of sp³-hybridized carbons (Fsp3) is 0.278. The van der Waals surface area contributed by atoms with Crippen molar-refractivity contribution in [3.05, 3.63) is 62.8 Å². The van der Waals surface area contributed by atoms with E-state index in [1.165, 1.54) is 30.0 Å². The van der Waals surface area contributed by atoms with Crippen LogP contribution >= 0.6 is 11.8 Å². The molecule has 0 saturated heterocycles. The Balaban J connectivity index is 2.33. The maximum atomic E-state index is 11.9. The van der Waals surface area contributed by atoms with Crippen molar-refractivity contribution in [3.8, 4) is 6.07 Å². The fourth-order valence-electron chi connectivity index (χ4n) is 2.30. The molecule has 1 atom stereocenters. The van der Waals surface area contributed by atoms with Gasteiger partial charge in [-0.25, -0.2) is 9.78 Å². The van der Waals surface area contributed by atoms with Gasteiger partial charge in [0.25, 0.3) is 5.69 Å². The molecule has 0 N–H and O–H groups in total. The van der Waals surface area contributed by atoms with Crippen LogP contribution in [0.1, 0.15) is 46.3 Å². The van der Waals surface area contributed by atoms with Crippen LogP contribution in [-0.2, 0) is 4.74 Å². The van der Waals surface area contributed by atoms with Crippen LogP contribution in [0.2, 0.25) is 0 Å². The summed E-state index contributed by atoms with van der Waals surface area (Å²) in [5.74, 6) is -0.516. The van der Waals surface area contributed by atoms with Crippen LogP contribution in [-0.4, -0.2) is 22.5 Å². The second-order valence-corrected chi connectivity index (χ2v) is 6.75. The first-order valence-corrected chi connectivity index (χ1v) is 8.75. The Bertz CT molecular complexity index is 892. The molecule has 26 heavy (non-hydrogen) atoms. The van der Waals surface area contributed by atoms with Crippen LogP contribution in [0.4, 0.5) is 5.69 Å². The number of benzene rings is 1. The van der Waals surface area contributed by atoms with E-state index in [1.807, 2.05) is 13.0 Å². The number of pyridine rings is 1. The SMILES string of the molecule is CCOC(=O)c1cc(C#N)c(SC(C)c2cccc([N+](=O)[O-])c2)nc1C. The molecule has 0 radical (unpaired) electrons. The number of nitro groups is 1. The lowest BCUT2D eigenvalue weighted by Gasteiger charge is -2.14. The van der Waals surface area contributed by atoms with Gasteiger partial charge in [-0.2, -0.15) is 5.26 Å². The van der Waals surface area contributed by atoms with Gasteiger partial charge in [0, 0.05) is 17.4 Å². The summed E-state index contributed by atoms with van der Waals surface area (Å²) in [7, 11) is 0. The number of nitriles is 1. The number of rotatable bonds is 6. The first-order chi connectivity index (χ1) is 12.4. The highest BCUT2D eigenvalue weighted by atomic mass is 32.2. The molecule has 0 aliphatic heterocycles. The minimum atomic E-state index is -0.516. The number of carbonyl (C=O) groups is 1. The fourth-order valence-corrected chi connectivity index (χ4v) is 3.33. The molecule has 2 aromatic rings. The van der Waals surface area contributed by atoms with Crippen molar-refractivity contribution in [2.24, 2.45) is 0 Å². The van der Waals surface area contributed by atoms with E-state index >= 15 is 0 Å². The van der Waals surface area contributed by atoms with E-state index in [0.717, 1.165) is 5.56 Å². The zero-order valence-corrected chi connectivity index (χ0v) is 15.4. The molecule has 1 unspecified atom stereocenters. The summed E-state index contributed by atoms with van der Waals surface area (Å²) in [5.41, 5.74) is 1.76. The van der Waals surface area contributed by atoms with Gasteiger partial charge in [0.1, 0.15) is 11.1 Å². The van der Waals surface area contributed by atoms with E-state index in [0.29, 0.717) is 10.7 Å². The third-order valence-corrected chi connectivity index (χ3v) is 4.79. The Morgan fingerprint density at radius 2 is 2.19 bits per heavy atom. The molecule has 1 aromatic carbocycles. The number of aromatic nitrogens is 1. The number of esters is 1. The van der Waals surface area contributed by atoms with Crippen molar-refractivity contribution in [1.29, 1.82) is 5.26 Å². The first kappa shape index (κ1) is 19.4. The Labute approximate surface area is 155 Å². The Morgan fingerprint density at radius 1 is 1.46 bits per heavy atom. The molecule has 8 heteroatoms. The molecule has 0 bridgehead atoms. The highest BCUT2D eigenvalue weighted by molar-refractivity contribution is 7.99. The molecule has 0 aliphatic carbocycles. The molecule has 134 valence electrons. The van der Waals surface area contributed by atoms with Gasteiger partial charge in [-0.15, -0.1) is 0 Å². The molecule has 0 saturated carbocycles. The number of ether oxygens (including phenoxy) is 1. The largest absolute Gasteiger partial charge is 0.462 e. The van der Waals surface area contributed by atoms with Gasteiger partial charge < -0.3 is 4.74 Å². The van der Waals surface area contributed by atoms with Crippen LogP contribution in [0.5, 0.6) is 0 Å². The average Bonchev–Trinajstić information content (AvgIpc) is 2.62. The smallest absolute Gasteiger partial charge is 0.340 e. The summed E-state index contributed by atoms with van der Waals surface area (Å²) in [6, 6.07) is 9.87. The van der Waals surface area contributed by atoms with Gasteiger partial charge in [-0.1, -0.05) is 23.9 Å². The third kappa shape index (κ3) is 4.37. The Morgan fingerprint density at radius 3 is 2.81 bits per heavy atom. The summed E-state index contributed by atoms with van der Waals surface area (Å²) >= 11 is 1.31. The minimum Gasteiger partial charge on any atom is -0.462 e. The molecular formula is C18H17N3O4S. The van der Waals surface area contributed by atoms with Crippen LogP contribution in [0, 0.1) is 28.4 Å². The molecule has 2 rings (SSSR count). The number of nitrogens with zero attached hydrogens (tertiary/aromatic N) is 3. The lowest BCUT2D eigenvalue weighted by molar-refractivity contribution is -0.384. The Hall–Kier alpha value is -2.92. The van der Waals surface area contributed by atoms with Crippen LogP contribution in [0.25, 0.3) is 0 Å². The van der Waals surface area contributed by atoms with Crippen molar-refractivity contribution in [3.63, 3.8) is 0 Å². The van der Waals surface area contributed by atoms with Crippen molar-refractivity contribution in [2.75, 3.05) is 6.61 Å². The summed E-state index contributed by atoms with van der Waals surface area (Å²) in [6.45, 7) is 5.49. The van der Waals surface area contributed by atoms with E-state index in [9.17, 15) is 20.2 Å². The van der Waals surface area contributed by atoms with E-state index < -0.39 is 10.9 Å². The average molecular weight is 371 g/mol. The number of non-ortho nitro benzene ring substituents is 1. The van der Waals surface area contributed by atoms with Gasteiger partial charge >= 0.3 is 5.97 Å². The molecule has 7 nitrogen and oxygen atoms in total. The maximum Gasteiger partial charge on any atom is 0.340 e. The van der Waals surface area contributed by atoms with Crippen LogP contribution < -0.4 is 0 Å². The van der Waals surface area contributed by atoms with Gasteiger partial charge in [-0.3, -0.25) is 10.1 Å². The van der Waals surface area contributed by atoms with Gasteiger partial charge in [-0.05, 0) is 32.4 Å². The molecular weight excluding hydrogens is 354 g/mol. The zero-order chi connectivity index (χ0) is 19.3. The highest BCUT2D eigenvalue weighted by Crippen LogP contribution is 2.37. The van der Waals surface area contributed by atoms with E-state index in [2.05, 4.69) is 4.98 Å². The number of carbonyl (C=O) groups excluding carboxylic acids is 1. The predicted molar refractivity (Wildman–Crippen MR) is 97.0 cm³/mol. The Kier molecular flexibility index (Phi) is 6.31. The lowest BCUT2D eigenvalue weighted by Crippen LogP contribution is -2.09. The minimum absolute atomic E-state index is 0.0113. The second-order valence-electron chi connectivity index (χ2n) is 5.42. The number of thioether (sulfide) groups is 1. The molecule has 0 amide bonds. The summed E-state index contributed by atoms with van der Waals surface area (Å²) in [5, 5.41) is 20.6. The predicted octanol–water partition coefficient (Wildman–Crippen LogP) is 4.20. The molecule has 1 heterocycles. The molecule has 1 aromatic heterocycles. The van der Waals surface area contributed by atoms with Gasteiger partial charge in [0.05, 0.1) is 28.4 Å². The molecule has 0 spiro atoms. The summed E-state index contributed by atoms with van der Waals surface area (Å²) in [6.07, 6.45) is 0. The summed E-state index contributed by atoms with van der Waals surface area (Å²) in [4.78, 5) is 26.8. The second kappa shape index (κ2) is 8.45. The topological polar surface area (TPSA) is 106 Å². The zero-order valence-electron chi connectivity index (χ0n) is 14.6. The number of nitro benzene ring substituents is 1. The summed E-state index contributed by atoms with van der Waals surface area (Å²) < 4.78 is 4.98. The molecule has 0 fully saturated rings. The van der Waals surface area contributed by atoms with Crippen LogP contribution in [0.15, 0.2) is 35.4 Å². The maximum absolute atomic E-state index is 11.9. The first-order valence-electron chi connectivity index (χ1n) is 7.87. The van der Waals surface area contributed by atoms with Crippen molar-refractivity contribution in [1.82, 2.24) is 4.98 Å². The molecule has 0 aliphatic rings. The van der Waals surface area contributed by atoms with E-state index in [4.69, 9.17) is 4.74 Å².